The van der Waals surface area contributed by atoms with E-state index in [4.69, 9.17) is 46.0 Å². The van der Waals surface area contributed by atoms with Crippen molar-refractivity contribution in [1.82, 2.24) is 24.5 Å². The Kier molecular flexibility index (Phi) is 106. The highest BCUT2D eigenvalue weighted by atomic mass is 16.4. The molecule has 0 radical (unpaired) electrons. The third kappa shape index (κ3) is 113. The fraction of sp³-hybridized carbons (Fsp3) is 0.835. The molecule has 772 valence electrons. The van der Waals surface area contributed by atoms with E-state index in [1.165, 1.54) is 267 Å². The molecule has 0 saturated heterocycles. The van der Waals surface area contributed by atoms with Gasteiger partial charge in [-0.1, -0.05) is 369 Å². The highest BCUT2D eigenvalue weighted by Gasteiger charge is 2.23. The first kappa shape index (κ1) is 135. The van der Waals surface area contributed by atoms with Crippen LogP contribution in [0.15, 0.2) is 12.2 Å². The fourth-order valence-electron chi connectivity index (χ4n) is 14.4. The van der Waals surface area contributed by atoms with Gasteiger partial charge in [0.15, 0.2) is 0 Å². The number of hydrogen-bond acceptors (Lipinski definition) is 16. The lowest BCUT2D eigenvalue weighted by atomic mass is 10.0. The van der Waals surface area contributed by atoms with Gasteiger partial charge in [0.1, 0.15) is 44.3 Å². The lowest BCUT2D eigenvalue weighted by molar-refractivity contribution is -0.149. The summed E-state index contributed by atoms with van der Waals surface area (Å²) >= 11 is 0. The van der Waals surface area contributed by atoms with Gasteiger partial charge in [-0.2, -0.15) is 0 Å². The van der Waals surface area contributed by atoms with E-state index in [2.05, 4.69) is 53.7 Å². The number of unbranched alkanes of at least 4 members (excludes halogenated alkanes) is 51. The Balaban J connectivity index is -0.000000364. The molecule has 0 bridgehead atoms. The zero-order chi connectivity index (χ0) is 100. The molecular weight excluding hydrogens is 1690 g/mol. The maximum Gasteiger partial charge on any atom is 0.323 e. The van der Waals surface area contributed by atoms with Crippen LogP contribution in [0.5, 0.6) is 0 Å². The Morgan fingerprint density at radius 1 is 0.220 bits per heavy atom. The molecular formula is C103H191N5O24. The molecule has 4 amide bonds. The summed E-state index contributed by atoms with van der Waals surface area (Å²) in [5.74, 6) is -10.8. The zero-order valence-electron chi connectivity index (χ0n) is 84.4. The number of Topliss-reactive ketones (excluding diaryl/α,β-unsaturated/α-hetero) is 2. The molecule has 29 nitrogen and oxygen atoms in total. The van der Waals surface area contributed by atoms with E-state index in [1.807, 2.05) is 0 Å². The number of aliphatic carboxylic acids is 9. The van der Waals surface area contributed by atoms with E-state index in [9.17, 15) is 71.9 Å². The topological polar surface area (TPSA) is 454 Å². The molecule has 0 spiro atoms. The first-order chi connectivity index (χ1) is 63.1. The van der Waals surface area contributed by atoms with E-state index in [0.717, 1.165) is 117 Å². The van der Waals surface area contributed by atoms with Gasteiger partial charge in [0.05, 0.1) is 25.4 Å². The molecule has 0 aromatic heterocycles. The number of allylic oxidation sites excluding steroid dienone is 2. The Labute approximate surface area is 797 Å². The molecule has 0 aliphatic rings. The molecule has 1 unspecified atom stereocenters. The number of nitrogens with zero attached hydrogens (tertiary/aromatic N) is 5. The number of carboxylic acid groups (broad SMARTS) is 9. The number of carbonyl (C=O) groups is 15. The lowest BCUT2D eigenvalue weighted by Gasteiger charge is -2.25. The van der Waals surface area contributed by atoms with Gasteiger partial charge in [-0.3, -0.25) is 76.8 Å². The highest BCUT2D eigenvalue weighted by Crippen LogP contribution is 2.19. The average Bonchev–Trinajstić information content (AvgIpc) is 0.934. The average molecular weight is 1880 g/mol. The minimum Gasteiger partial charge on any atom is -0.481 e. The van der Waals surface area contributed by atoms with Gasteiger partial charge in [-0.15, -0.1) is 0 Å². The summed E-state index contributed by atoms with van der Waals surface area (Å²) < 4.78 is 0. The van der Waals surface area contributed by atoms with E-state index in [0.29, 0.717) is 38.5 Å². The van der Waals surface area contributed by atoms with Crippen LogP contribution in [0.25, 0.3) is 0 Å². The number of hydrogen-bond donors (Lipinski definition) is 9. The molecule has 0 aromatic carbocycles. The second-order valence-corrected chi connectivity index (χ2v) is 35.7. The maximum atomic E-state index is 12.4. The van der Waals surface area contributed by atoms with Crippen LogP contribution in [-0.2, 0) is 71.9 Å². The Morgan fingerprint density at radius 3 is 0.689 bits per heavy atom. The molecule has 0 aromatic rings. The number of carboxylic acids is 9. The van der Waals surface area contributed by atoms with Crippen molar-refractivity contribution in [2.45, 2.75) is 479 Å². The Morgan fingerprint density at radius 2 is 0.439 bits per heavy atom. The minimum absolute atomic E-state index is 0.0176. The van der Waals surface area contributed by atoms with E-state index in [-0.39, 0.29) is 87.6 Å². The van der Waals surface area contributed by atoms with Crippen LogP contribution in [0.2, 0.25) is 0 Å². The number of ketones is 2. The van der Waals surface area contributed by atoms with E-state index in [1.54, 1.807) is 21.0 Å². The normalized spacial score (nSPS) is 10.9. The van der Waals surface area contributed by atoms with Crippen molar-refractivity contribution in [2.75, 3.05) is 73.0 Å². The molecule has 0 fully saturated rings. The first-order valence-electron chi connectivity index (χ1n) is 51.5. The van der Waals surface area contributed by atoms with Crippen molar-refractivity contribution in [1.29, 1.82) is 0 Å². The van der Waals surface area contributed by atoms with Crippen molar-refractivity contribution in [2.24, 2.45) is 5.92 Å². The van der Waals surface area contributed by atoms with Gasteiger partial charge in [-0.05, 0) is 64.2 Å². The van der Waals surface area contributed by atoms with Gasteiger partial charge in [0.2, 0.25) is 23.6 Å². The van der Waals surface area contributed by atoms with Crippen LogP contribution in [0.4, 0.5) is 0 Å². The molecule has 0 aliphatic carbocycles. The Bertz CT molecular complexity index is 2880. The molecule has 1 atom stereocenters. The predicted octanol–water partition coefficient (Wildman–Crippen LogP) is 23.1. The van der Waals surface area contributed by atoms with Crippen LogP contribution in [-0.4, -0.2) is 232 Å². The highest BCUT2D eigenvalue weighted by molar-refractivity contribution is 5.86. The summed E-state index contributed by atoms with van der Waals surface area (Å²) in [7, 11) is 3.10. The monoisotopic (exact) mass is 1880 g/mol. The smallest absolute Gasteiger partial charge is 0.323 e. The van der Waals surface area contributed by atoms with Crippen molar-refractivity contribution >= 4 is 88.9 Å². The third-order valence-corrected chi connectivity index (χ3v) is 22.5. The second-order valence-electron chi connectivity index (χ2n) is 35.7. The van der Waals surface area contributed by atoms with Crippen LogP contribution in [0.1, 0.15) is 479 Å². The van der Waals surface area contributed by atoms with Gasteiger partial charge in [0.25, 0.3) is 0 Å². The summed E-state index contributed by atoms with van der Waals surface area (Å²) in [4.78, 5) is 172. The largest absolute Gasteiger partial charge is 0.481 e. The van der Waals surface area contributed by atoms with Gasteiger partial charge < -0.3 is 65.6 Å². The van der Waals surface area contributed by atoms with Gasteiger partial charge in [-0.25, -0.2) is 0 Å². The van der Waals surface area contributed by atoms with Crippen LogP contribution >= 0.6 is 0 Å². The summed E-state index contributed by atoms with van der Waals surface area (Å²) in [6, 6.07) is 0. The quantitative estimate of drug-likeness (QED) is 0.0202. The number of rotatable bonds is 88. The van der Waals surface area contributed by atoms with Gasteiger partial charge in [0, 0.05) is 78.6 Å². The third-order valence-electron chi connectivity index (χ3n) is 22.5. The van der Waals surface area contributed by atoms with E-state index < -0.39 is 98.3 Å². The molecule has 0 rings (SSSR count). The summed E-state index contributed by atoms with van der Waals surface area (Å²) in [6.45, 7) is 11.9. The fourth-order valence-corrected chi connectivity index (χ4v) is 14.4. The zero-order valence-corrected chi connectivity index (χ0v) is 84.4. The number of carbonyl (C=O) groups excluding carboxylic acids is 6. The molecule has 0 saturated carbocycles. The van der Waals surface area contributed by atoms with Crippen molar-refractivity contribution in [3.05, 3.63) is 12.2 Å². The minimum atomic E-state index is -1.19. The van der Waals surface area contributed by atoms with Crippen molar-refractivity contribution < 1.29 is 118 Å². The summed E-state index contributed by atoms with van der Waals surface area (Å²) in [5.41, 5.74) is 0. The summed E-state index contributed by atoms with van der Waals surface area (Å²) in [6.07, 6.45) is 76.9. The molecule has 0 heterocycles. The number of amides is 4. The van der Waals surface area contributed by atoms with Crippen LogP contribution in [0, 0.1) is 5.92 Å². The molecule has 29 heteroatoms. The van der Waals surface area contributed by atoms with Crippen LogP contribution in [0.3, 0.4) is 0 Å². The standard InChI is InChI=1S/C21H39NO3.C20H36N2O7.C16H29NO5.C16H30O3.C15H29NO3.C15H28O3/c1-3-4-5-6-7-8-9-10-11-12-13-14-15-16-17-18-20(23)22(2)19-21(24)25;1-2-3-4-5-6-7-8-9-10-11-17(23)22(16-20(28)29)13-12-21(14-18(24)25)15-19(26)27;1-2-3-4-5-6-7-8-9-10-11-14(18)17(12-15(19)20)13-16(21)22;1-3-4-5-6-7-8-9-10-11-12-15(17)13-14(2)16(18)19;1-3-4-5-6-7-8-9-10-11-12-14(17)16(2)13-15(18)19;1-2-3-4-5-6-7-8-9-10-11-14(16)12-13-15(17)18/h10-11H,3-9,12-19H2,1-2H3,(H,24,25);2-16H2,1H3,(H,24,25)(H,26,27)(H,28,29);2-13H2,1H3,(H,19,20)(H,21,22);14H,3-13H2,1-2H3,(H,18,19);3-13H2,1-2H3,(H,18,19);2-13H2,1H3,(H,17,18)/b11-10-;;;;;. The maximum absolute atomic E-state index is 12.4. The second kappa shape index (κ2) is 104. The van der Waals surface area contributed by atoms with Gasteiger partial charge >= 0.3 is 53.7 Å². The Hall–Kier alpha value is -7.85. The van der Waals surface area contributed by atoms with Crippen molar-refractivity contribution in [3.63, 3.8) is 0 Å². The van der Waals surface area contributed by atoms with E-state index >= 15 is 0 Å². The molecule has 9 N–H and O–H groups in total. The number of likely N-dealkylation sites (N-methyl/N-ethyl adjacent to an activating group) is 2. The SMILES string of the molecule is CCCCCCCC/C=C\CCCCCCCC(=O)N(C)CC(=O)O.CCCCCCCCCCCC(=O)CC(C)C(=O)O.CCCCCCCCCCCC(=O)CCC(=O)O.CCCCCCCCCCCC(=O)N(C)CC(=O)O.CCCCCCCCCCCC(=O)N(CC(=O)O)CC(=O)O.CCCCCCCCCCCC(=O)N(CCN(CC(=O)O)CC(=O)O)CC(=O)O. The molecule has 132 heavy (non-hydrogen) atoms. The predicted molar refractivity (Wildman–Crippen MR) is 525 cm³/mol. The summed E-state index contributed by atoms with van der Waals surface area (Å²) in [5, 5.41) is 78.5. The van der Waals surface area contributed by atoms with Crippen LogP contribution < -0.4 is 0 Å². The first-order valence-corrected chi connectivity index (χ1v) is 51.5. The van der Waals surface area contributed by atoms with Crippen molar-refractivity contribution in [3.8, 4) is 0 Å². The lowest BCUT2D eigenvalue weighted by Crippen LogP contribution is -2.44. The molecule has 0 aliphatic heterocycles.